The number of nitrogens with zero attached hydrogens (tertiary/aromatic N) is 1. The highest BCUT2D eigenvalue weighted by molar-refractivity contribution is 7.89. The lowest BCUT2D eigenvalue weighted by molar-refractivity contribution is -0.137. The summed E-state index contributed by atoms with van der Waals surface area (Å²) >= 11 is 0. The van der Waals surface area contributed by atoms with Crippen LogP contribution in [0.5, 0.6) is 0 Å². The smallest absolute Gasteiger partial charge is 0.416 e. The summed E-state index contributed by atoms with van der Waals surface area (Å²) in [5.41, 5.74) is -1.02. The van der Waals surface area contributed by atoms with Crippen LogP contribution in [0.25, 0.3) is 0 Å². The number of carbonyl (C=O) groups excluding carboxylic acids is 1. The van der Waals surface area contributed by atoms with E-state index in [1.807, 2.05) is 0 Å². The van der Waals surface area contributed by atoms with Crippen molar-refractivity contribution in [1.29, 1.82) is 0 Å². The van der Waals surface area contributed by atoms with Crippen molar-refractivity contribution < 1.29 is 31.1 Å². The van der Waals surface area contributed by atoms with Crippen LogP contribution in [-0.4, -0.2) is 45.1 Å². The highest BCUT2D eigenvalue weighted by atomic mass is 32.2. The molecule has 0 saturated carbocycles. The third kappa shape index (κ3) is 5.08. The number of likely N-dealkylation sites (tertiary alicyclic amines) is 1. The number of halogens is 3. The van der Waals surface area contributed by atoms with Crippen molar-refractivity contribution in [2.75, 3.05) is 19.7 Å². The SMILES string of the molecule is CCOC(=O)N1CCC(NS(=O)(=O)c2cccc(C(F)(F)F)c2)CC1. The molecular weight excluding hydrogens is 361 g/mol. The van der Waals surface area contributed by atoms with E-state index in [4.69, 9.17) is 4.74 Å². The van der Waals surface area contributed by atoms with Crippen LogP contribution in [0.15, 0.2) is 29.2 Å². The lowest BCUT2D eigenvalue weighted by Crippen LogP contribution is -2.46. The molecular formula is C15H19F3N2O4S. The lowest BCUT2D eigenvalue weighted by atomic mass is 10.1. The molecule has 1 N–H and O–H groups in total. The van der Waals surface area contributed by atoms with Crippen molar-refractivity contribution in [3.05, 3.63) is 29.8 Å². The van der Waals surface area contributed by atoms with Gasteiger partial charge in [-0.2, -0.15) is 13.2 Å². The Bertz CT molecular complexity index is 714. The summed E-state index contributed by atoms with van der Waals surface area (Å²) in [6.07, 6.45) is -4.36. The highest BCUT2D eigenvalue weighted by Crippen LogP contribution is 2.30. The minimum atomic E-state index is -4.61. The van der Waals surface area contributed by atoms with Gasteiger partial charge in [-0.25, -0.2) is 17.9 Å². The second kappa shape index (κ2) is 7.61. The third-order valence-corrected chi connectivity index (χ3v) is 5.33. The molecule has 140 valence electrons. The Kier molecular flexibility index (Phi) is 5.94. The summed E-state index contributed by atoms with van der Waals surface area (Å²) in [5.74, 6) is 0. The fourth-order valence-corrected chi connectivity index (χ4v) is 3.87. The van der Waals surface area contributed by atoms with Crippen molar-refractivity contribution in [3.8, 4) is 0 Å². The van der Waals surface area contributed by atoms with Crippen molar-refractivity contribution in [2.45, 2.75) is 36.9 Å². The highest BCUT2D eigenvalue weighted by Gasteiger charge is 2.32. The van der Waals surface area contributed by atoms with E-state index in [2.05, 4.69) is 4.72 Å². The van der Waals surface area contributed by atoms with Gasteiger partial charge >= 0.3 is 12.3 Å². The number of alkyl halides is 3. The Morgan fingerprint density at radius 3 is 2.52 bits per heavy atom. The van der Waals surface area contributed by atoms with Crippen LogP contribution in [0.2, 0.25) is 0 Å². The Hall–Kier alpha value is -1.81. The first kappa shape index (κ1) is 19.5. The zero-order chi connectivity index (χ0) is 18.7. The first-order chi connectivity index (χ1) is 11.6. The number of rotatable bonds is 4. The molecule has 1 aromatic carbocycles. The molecule has 2 rings (SSSR count). The number of carbonyl (C=O) groups is 1. The molecule has 0 radical (unpaired) electrons. The van der Waals surface area contributed by atoms with Crippen LogP contribution in [0.1, 0.15) is 25.3 Å². The van der Waals surface area contributed by atoms with E-state index in [0.717, 1.165) is 18.2 Å². The maximum absolute atomic E-state index is 12.7. The molecule has 1 amide bonds. The van der Waals surface area contributed by atoms with Gasteiger partial charge in [0.15, 0.2) is 0 Å². The summed E-state index contributed by atoms with van der Waals surface area (Å²) in [6.45, 7) is 2.57. The van der Waals surface area contributed by atoms with Gasteiger partial charge in [-0.05, 0) is 38.0 Å². The fraction of sp³-hybridized carbons (Fsp3) is 0.533. The maximum atomic E-state index is 12.7. The molecule has 0 aromatic heterocycles. The number of amides is 1. The number of nitrogens with one attached hydrogen (secondary N) is 1. The molecule has 1 aromatic rings. The zero-order valence-corrected chi connectivity index (χ0v) is 14.4. The normalized spacial score (nSPS) is 16.7. The number of piperidine rings is 1. The molecule has 0 aliphatic carbocycles. The Morgan fingerprint density at radius 2 is 1.96 bits per heavy atom. The van der Waals surface area contributed by atoms with Gasteiger partial charge < -0.3 is 9.64 Å². The topological polar surface area (TPSA) is 75.7 Å². The van der Waals surface area contributed by atoms with Crippen molar-refractivity contribution in [3.63, 3.8) is 0 Å². The summed E-state index contributed by atoms with van der Waals surface area (Å²) < 4.78 is 70.1. The molecule has 0 atom stereocenters. The molecule has 1 fully saturated rings. The summed E-state index contributed by atoms with van der Waals surface area (Å²) in [7, 11) is -4.08. The van der Waals surface area contributed by atoms with Gasteiger partial charge in [0.25, 0.3) is 0 Å². The summed E-state index contributed by atoms with van der Waals surface area (Å²) in [6, 6.07) is 3.14. The number of benzene rings is 1. The molecule has 0 unspecified atom stereocenters. The Morgan fingerprint density at radius 1 is 1.32 bits per heavy atom. The molecule has 1 aliphatic heterocycles. The predicted octanol–water partition coefficient (Wildman–Crippen LogP) is 2.60. The summed E-state index contributed by atoms with van der Waals surface area (Å²) in [5, 5.41) is 0. The zero-order valence-electron chi connectivity index (χ0n) is 13.5. The van der Waals surface area contributed by atoms with Gasteiger partial charge in [-0.15, -0.1) is 0 Å². The second-order valence-corrected chi connectivity index (χ2v) is 7.32. The van der Waals surface area contributed by atoms with Crippen LogP contribution in [0.4, 0.5) is 18.0 Å². The van der Waals surface area contributed by atoms with E-state index >= 15 is 0 Å². The van der Waals surface area contributed by atoms with E-state index < -0.39 is 38.8 Å². The molecule has 6 nitrogen and oxygen atoms in total. The largest absolute Gasteiger partial charge is 0.450 e. The monoisotopic (exact) mass is 380 g/mol. The Labute approximate surface area is 144 Å². The molecule has 10 heteroatoms. The van der Waals surface area contributed by atoms with Gasteiger partial charge in [0.1, 0.15) is 0 Å². The second-order valence-electron chi connectivity index (χ2n) is 5.61. The molecule has 0 spiro atoms. The quantitative estimate of drug-likeness (QED) is 0.871. The average molecular weight is 380 g/mol. The fourth-order valence-electron chi connectivity index (χ4n) is 2.52. The van der Waals surface area contributed by atoms with E-state index in [9.17, 15) is 26.4 Å². The van der Waals surface area contributed by atoms with Crippen LogP contribution in [-0.2, 0) is 20.9 Å². The minimum Gasteiger partial charge on any atom is -0.450 e. The standard InChI is InChI=1S/C15H19F3N2O4S/c1-2-24-14(21)20-8-6-12(7-9-20)19-25(22,23)13-5-3-4-11(10-13)15(16,17)18/h3-5,10,12,19H,2,6-9H2,1H3. The molecule has 0 bridgehead atoms. The molecule has 1 aliphatic rings. The van der Waals surface area contributed by atoms with E-state index in [-0.39, 0.29) is 6.61 Å². The van der Waals surface area contributed by atoms with E-state index in [1.54, 1.807) is 6.92 Å². The number of hydrogen-bond acceptors (Lipinski definition) is 4. The number of ether oxygens (including phenoxy) is 1. The maximum Gasteiger partial charge on any atom is 0.416 e. The molecule has 25 heavy (non-hydrogen) atoms. The van der Waals surface area contributed by atoms with E-state index in [0.29, 0.717) is 32.0 Å². The lowest BCUT2D eigenvalue weighted by Gasteiger charge is -2.31. The number of sulfonamides is 1. The number of hydrogen-bond donors (Lipinski definition) is 1. The van der Waals surface area contributed by atoms with Gasteiger partial charge in [0, 0.05) is 19.1 Å². The average Bonchev–Trinajstić information content (AvgIpc) is 2.55. The first-order valence-electron chi connectivity index (χ1n) is 7.75. The van der Waals surface area contributed by atoms with Crippen molar-refractivity contribution in [2.24, 2.45) is 0 Å². The van der Waals surface area contributed by atoms with Crippen LogP contribution < -0.4 is 4.72 Å². The van der Waals surface area contributed by atoms with Crippen molar-refractivity contribution >= 4 is 16.1 Å². The Balaban J connectivity index is 2.02. The minimum absolute atomic E-state index is 0.251. The third-order valence-electron chi connectivity index (χ3n) is 3.81. The molecule has 1 heterocycles. The van der Waals surface area contributed by atoms with E-state index in [1.165, 1.54) is 4.90 Å². The van der Waals surface area contributed by atoms with Gasteiger partial charge in [-0.3, -0.25) is 0 Å². The first-order valence-corrected chi connectivity index (χ1v) is 9.23. The molecule has 1 saturated heterocycles. The van der Waals surface area contributed by atoms with Gasteiger partial charge in [-0.1, -0.05) is 6.07 Å². The van der Waals surface area contributed by atoms with Gasteiger partial charge in [0.2, 0.25) is 10.0 Å². The van der Waals surface area contributed by atoms with Crippen LogP contribution in [0, 0.1) is 0 Å². The van der Waals surface area contributed by atoms with Crippen LogP contribution in [0.3, 0.4) is 0 Å². The predicted molar refractivity (Wildman–Crippen MR) is 83.4 cm³/mol. The van der Waals surface area contributed by atoms with Crippen LogP contribution >= 0.6 is 0 Å². The summed E-state index contributed by atoms with van der Waals surface area (Å²) in [4.78, 5) is 12.6. The van der Waals surface area contributed by atoms with Crippen molar-refractivity contribution in [1.82, 2.24) is 9.62 Å². The van der Waals surface area contributed by atoms with Gasteiger partial charge in [0.05, 0.1) is 17.1 Å².